The van der Waals surface area contributed by atoms with Gasteiger partial charge in [-0.3, -0.25) is 9.59 Å². The maximum absolute atomic E-state index is 12.9. The van der Waals surface area contributed by atoms with Crippen LogP contribution in [0, 0.1) is 0 Å². The zero-order chi connectivity index (χ0) is 37.0. The fourth-order valence-corrected chi connectivity index (χ4v) is 5.11. The summed E-state index contributed by atoms with van der Waals surface area (Å²) in [6.45, 7) is 1.79. The number of rotatable bonds is 13. The first-order valence-electron chi connectivity index (χ1n) is 15.6. The summed E-state index contributed by atoms with van der Waals surface area (Å²) in [7, 11) is 15.5. The number of halogens is 1. The number of allylic oxidation sites excluding steroid dienone is 2. The molecule has 4 rings (SSSR count). The second-order valence-corrected chi connectivity index (χ2v) is 11.8. The van der Waals surface area contributed by atoms with Crippen molar-refractivity contribution < 1.29 is 33.3 Å². The highest BCUT2D eigenvalue weighted by molar-refractivity contribution is 6.47. The van der Waals surface area contributed by atoms with Gasteiger partial charge in [-0.25, -0.2) is 0 Å². The maximum atomic E-state index is 12.9. The molecule has 0 unspecified atom stereocenters. The fourth-order valence-electron chi connectivity index (χ4n) is 4.88. The number of ketones is 2. The van der Waals surface area contributed by atoms with E-state index in [2.05, 4.69) is 0 Å². The van der Waals surface area contributed by atoms with Gasteiger partial charge in [0.25, 0.3) is 0 Å². The molecule has 0 spiro atoms. The van der Waals surface area contributed by atoms with Crippen molar-refractivity contribution in [2.45, 2.75) is 6.92 Å². The lowest BCUT2D eigenvalue weighted by Gasteiger charge is -2.15. The van der Waals surface area contributed by atoms with Crippen LogP contribution in [-0.4, -0.2) is 75.3 Å². The summed E-state index contributed by atoms with van der Waals surface area (Å²) < 4.78 is 26.4. The molecule has 0 amide bonds. The van der Waals surface area contributed by atoms with Crippen LogP contribution in [0.5, 0.6) is 28.7 Å². The summed E-state index contributed by atoms with van der Waals surface area (Å²) in [5, 5.41) is 0.110. The third-order valence-corrected chi connectivity index (χ3v) is 7.95. The fraction of sp³-hybridized carbons (Fsp3) is 0.250. The number of benzene rings is 4. The number of carbonyl (C=O) groups is 2. The van der Waals surface area contributed by atoms with E-state index in [4.69, 9.17) is 35.3 Å². The van der Waals surface area contributed by atoms with E-state index in [1.54, 1.807) is 57.6 Å². The average Bonchev–Trinajstić information content (AvgIpc) is 3.13. The molecule has 0 aliphatic heterocycles. The molecule has 0 aliphatic rings. The Morgan fingerprint density at radius 3 is 1.52 bits per heavy atom. The van der Waals surface area contributed by atoms with Crippen LogP contribution >= 0.6 is 11.6 Å². The minimum absolute atomic E-state index is 0.110. The third kappa shape index (κ3) is 9.83. The van der Waals surface area contributed by atoms with Crippen LogP contribution in [0.4, 0.5) is 11.4 Å². The van der Waals surface area contributed by atoms with Crippen LogP contribution in [0.1, 0.15) is 38.8 Å². The zero-order valence-corrected chi connectivity index (χ0v) is 31.0. The number of anilines is 2. The molecule has 0 aromatic heterocycles. The molecule has 0 bridgehead atoms. The monoisotopic (exact) mass is 700 g/mol. The molecule has 4 aromatic rings. The number of nitrogens with zero attached hydrogens (tertiary/aromatic N) is 2. The van der Waals surface area contributed by atoms with E-state index in [1.807, 2.05) is 92.6 Å². The van der Waals surface area contributed by atoms with Crippen molar-refractivity contribution in [3.05, 3.63) is 112 Å². The van der Waals surface area contributed by atoms with Crippen molar-refractivity contribution in [2.24, 2.45) is 0 Å². The predicted molar refractivity (Wildman–Crippen MR) is 203 cm³/mol. The van der Waals surface area contributed by atoms with Crippen LogP contribution in [0.3, 0.4) is 0 Å². The normalized spacial score (nSPS) is 11.1. The van der Waals surface area contributed by atoms with Crippen LogP contribution in [0.2, 0.25) is 0 Å². The quantitative estimate of drug-likeness (QED) is 0.101. The topological polar surface area (TPSA) is 86.8 Å². The molecule has 0 atom stereocenters. The van der Waals surface area contributed by atoms with Crippen molar-refractivity contribution in [2.75, 3.05) is 73.5 Å². The van der Waals surface area contributed by atoms with Crippen LogP contribution in [0.25, 0.3) is 12.2 Å². The second-order valence-electron chi connectivity index (χ2n) is 11.4. The first-order chi connectivity index (χ1) is 23.9. The number of ether oxygens (including phenoxy) is 5. The molecule has 264 valence electrons. The van der Waals surface area contributed by atoms with E-state index in [-0.39, 0.29) is 16.6 Å². The van der Waals surface area contributed by atoms with Gasteiger partial charge in [-0.2, -0.15) is 0 Å². The SMILES string of the molecule is COc1ccc(C(=O)C(C)=Cc2ccc(N(C)C)cc2)c(OC)c1OC.COc1ccc(OC)c(C(=O)C(Cl)=Cc2ccc(N(C)C)cc2)c1. The molecule has 9 nitrogen and oxygen atoms in total. The smallest absolute Gasteiger partial charge is 0.208 e. The van der Waals surface area contributed by atoms with E-state index in [9.17, 15) is 9.59 Å². The van der Waals surface area contributed by atoms with Gasteiger partial charge in [0.2, 0.25) is 11.5 Å². The number of hydrogen-bond acceptors (Lipinski definition) is 9. The number of carbonyl (C=O) groups excluding carboxylic acids is 2. The Kier molecular flexibility index (Phi) is 14.3. The first kappa shape index (κ1) is 39.0. The number of methoxy groups -OCH3 is 5. The lowest BCUT2D eigenvalue weighted by Crippen LogP contribution is -2.08. The lowest BCUT2D eigenvalue weighted by atomic mass is 10.0. The summed E-state index contributed by atoms with van der Waals surface area (Å²) in [5.41, 5.74) is 5.39. The lowest BCUT2D eigenvalue weighted by molar-refractivity contribution is 0.102. The molecule has 10 heteroatoms. The zero-order valence-electron chi connectivity index (χ0n) is 30.3. The van der Waals surface area contributed by atoms with Crippen molar-refractivity contribution >= 4 is 46.7 Å². The Labute approximate surface area is 300 Å². The molecule has 0 aliphatic carbocycles. The largest absolute Gasteiger partial charge is 0.497 e. The summed E-state index contributed by atoms with van der Waals surface area (Å²) in [6, 6.07) is 24.2. The molecular formula is C40H45ClN2O7. The van der Waals surface area contributed by atoms with E-state index in [0.717, 1.165) is 22.5 Å². The highest BCUT2D eigenvalue weighted by Gasteiger charge is 2.21. The van der Waals surface area contributed by atoms with Crippen molar-refractivity contribution in [1.82, 2.24) is 0 Å². The van der Waals surface area contributed by atoms with Crippen LogP contribution in [0.15, 0.2) is 89.5 Å². The van der Waals surface area contributed by atoms with E-state index in [1.165, 1.54) is 21.3 Å². The number of hydrogen-bond donors (Lipinski definition) is 0. The van der Waals surface area contributed by atoms with Gasteiger partial charge in [0.1, 0.15) is 11.5 Å². The molecule has 0 fully saturated rings. The van der Waals surface area contributed by atoms with Gasteiger partial charge in [-0.1, -0.05) is 35.9 Å². The molecule has 50 heavy (non-hydrogen) atoms. The van der Waals surface area contributed by atoms with E-state index >= 15 is 0 Å². The summed E-state index contributed by atoms with van der Waals surface area (Å²) in [4.78, 5) is 29.6. The van der Waals surface area contributed by atoms with Crippen molar-refractivity contribution in [3.8, 4) is 28.7 Å². The van der Waals surface area contributed by atoms with Gasteiger partial charge >= 0.3 is 0 Å². The van der Waals surface area contributed by atoms with E-state index < -0.39 is 0 Å². The second kappa shape index (κ2) is 18.4. The highest BCUT2D eigenvalue weighted by Crippen LogP contribution is 2.40. The Morgan fingerprint density at radius 2 is 1.06 bits per heavy atom. The van der Waals surface area contributed by atoms with Gasteiger partial charge < -0.3 is 33.5 Å². The molecule has 0 saturated carbocycles. The molecule has 0 heterocycles. The third-order valence-electron chi connectivity index (χ3n) is 7.67. The van der Waals surface area contributed by atoms with Gasteiger partial charge in [-0.05, 0) is 90.4 Å². The van der Waals surface area contributed by atoms with Gasteiger partial charge in [0.15, 0.2) is 17.3 Å². The highest BCUT2D eigenvalue weighted by atomic mass is 35.5. The van der Waals surface area contributed by atoms with Crippen LogP contribution < -0.4 is 33.5 Å². The standard InChI is InChI=1S/C21H25NO4.C19H20ClNO3/c1-14(13-15-7-9-16(10-8-15)22(2)3)19(23)17-11-12-18(24-4)21(26-6)20(17)25-5;1-21(2)14-7-5-13(6-8-14)11-17(20)19(22)16-12-15(23-3)9-10-18(16)24-4/h7-13H,1-6H3;5-12H,1-4H3. The average molecular weight is 701 g/mol. The minimum atomic E-state index is -0.316. The molecule has 0 N–H and O–H groups in total. The Hall–Kier alpha value is -5.41. The summed E-state index contributed by atoms with van der Waals surface area (Å²) in [5.74, 6) is 1.87. The summed E-state index contributed by atoms with van der Waals surface area (Å²) in [6.07, 6.45) is 3.50. The van der Waals surface area contributed by atoms with Gasteiger partial charge in [-0.15, -0.1) is 0 Å². The van der Waals surface area contributed by atoms with Gasteiger partial charge in [0, 0.05) is 39.6 Å². The van der Waals surface area contributed by atoms with Gasteiger partial charge in [0.05, 0.1) is 51.7 Å². The molecule has 4 aromatic carbocycles. The Bertz CT molecular complexity index is 1830. The number of Topliss-reactive ketones (excluding diaryl/α,β-unsaturated/α-hetero) is 2. The van der Waals surface area contributed by atoms with E-state index in [0.29, 0.717) is 45.4 Å². The maximum Gasteiger partial charge on any atom is 0.208 e. The first-order valence-corrected chi connectivity index (χ1v) is 16.0. The summed E-state index contributed by atoms with van der Waals surface area (Å²) >= 11 is 6.23. The molecule has 0 saturated heterocycles. The minimum Gasteiger partial charge on any atom is -0.497 e. The predicted octanol–water partition coefficient (Wildman–Crippen LogP) is 8.30. The Balaban J connectivity index is 0.000000271. The molecule has 0 radical (unpaired) electrons. The Morgan fingerprint density at radius 1 is 0.560 bits per heavy atom. The van der Waals surface area contributed by atoms with Crippen molar-refractivity contribution in [1.29, 1.82) is 0 Å². The van der Waals surface area contributed by atoms with Crippen molar-refractivity contribution in [3.63, 3.8) is 0 Å². The van der Waals surface area contributed by atoms with Crippen LogP contribution in [-0.2, 0) is 0 Å². The molecular weight excluding hydrogens is 656 g/mol.